The summed E-state index contributed by atoms with van der Waals surface area (Å²) in [6.07, 6.45) is 7.33. The van der Waals surface area contributed by atoms with Crippen molar-refractivity contribution in [1.29, 1.82) is 0 Å². The van der Waals surface area contributed by atoms with E-state index in [2.05, 4.69) is 0 Å². The largest absolute Gasteiger partial charge is 0.481 e. The van der Waals surface area contributed by atoms with Gasteiger partial charge >= 0.3 is 5.97 Å². The van der Waals surface area contributed by atoms with E-state index in [9.17, 15) is 9.90 Å². The van der Waals surface area contributed by atoms with Crippen molar-refractivity contribution in [2.45, 2.75) is 68.9 Å². The van der Waals surface area contributed by atoms with Crippen LogP contribution in [0.2, 0.25) is 0 Å². The predicted molar refractivity (Wildman–Crippen MR) is 58.7 cm³/mol. The maximum Gasteiger partial charge on any atom is 0.312 e. The second kappa shape index (κ2) is 3.04. The van der Waals surface area contributed by atoms with Crippen molar-refractivity contribution < 1.29 is 19.4 Å². The third-order valence-electron chi connectivity index (χ3n) is 5.39. The van der Waals surface area contributed by atoms with Crippen LogP contribution < -0.4 is 0 Å². The molecule has 0 aromatic rings. The number of fused-ring (bicyclic) bond motifs is 2. The van der Waals surface area contributed by atoms with Crippen molar-refractivity contribution in [3.05, 3.63) is 0 Å². The lowest BCUT2D eigenvalue weighted by Crippen LogP contribution is -2.50. The molecule has 4 fully saturated rings. The molecule has 0 aromatic heterocycles. The lowest BCUT2D eigenvalue weighted by Gasteiger charge is -2.38. The van der Waals surface area contributed by atoms with Gasteiger partial charge in [-0.3, -0.25) is 4.79 Å². The Labute approximate surface area is 100 Å². The average Bonchev–Trinajstić information content (AvgIpc) is 3.21. The second-order valence-electron chi connectivity index (χ2n) is 6.08. The molecule has 2 aliphatic carbocycles. The number of carboxylic acid groups (broad SMARTS) is 1. The number of epoxide rings is 2. The van der Waals surface area contributed by atoms with E-state index in [1.165, 1.54) is 6.42 Å². The van der Waals surface area contributed by atoms with Crippen LogP contribution in [-0.4, -0.2) is 35.0 Å². The molecule has 0 aromatic carbocycles. The van der Waals surface area contributed by atoms with Gasteiger partial charge in [-0.1, -0.05) is 12.8 Å². The van der Waals surface area contributed by atoms with E-state index in [0.29, 0.717) is 12.5 Å². The van der Waals surface area contributed by atoms with Crippen molar-refractivity contribution in [3.63, 3.8) is 0 Å². The number of carboxylic acids is 1. The van der Waals surface area contributed by atoms with Crippen molar-refractivity contribution >= 4 is 5.97 Å². The molecule has 2 aliphatic heterocycles. The average molecular weight is 238 g/mol. The van der Waals surface area contributed by atoms with E-state index >= 15 is 0 Å². The van der Waals surface area contributed by atoms with Crippen LogP contribution in [0.3, 0.4) is 0 Å². The fourth-order valence-corrected chi connectivity index (χ4v) is 4.32. The Kier molecular flexibility index (Phi) is 1.84. The zero-order valence-corrected chi connectivity index (χ0v) is 9.85. The summed E-state index contributed by atoms with van der Waals surface area (Å²) in [5.74, 6) is -0.657. The topological polar surface area (TPSA) is 62.4 Å². The molecule has 4 rings (SSSR count). The quantitative estimate of drug-likeness (QED) is 0.744. The standard InChI is InChI=1S/C13H18O4/c14-11(15)12(6-4-8-9(7-12)16-8)13-5-2-1-3-10(13)17-13/h8-10H,1-7H2,(H,14,15). The molecule has 0 amide bonds. The van der Waals surface area contributed by atoms with Crippen molar-refractivity contribution in [3.8, 4) is 0 Å². The molecular formula is C13H18O4. The van der Waals surface area contributed by atoms with Crippen LogP contribution in [0.15, 0.2) is 0 Å². The summed E-state index contributed by atoms with van der Waals surface area (Å²) >= 11 is 0. The molecule has 4 heteroatoms. The van der Waals surface area contributed by atoms with Crippen LogP contribution in [0, 0.1) is 5.41 Å². The summed E-state index contributed by atoms with van der Waals surface area (Å²) in [4.78, 5) is 11.8. The number of carbonyl (C=O) groups is 1. The van der Waals surface area contributed by atoms with Gasteiger partial charge in [0.15, 0.2) is 0 Å². The zero-order chi connectivity index (χ0) is 11.7. The molecule has 0 radical (unpaired) electrons. The molecule has 5 atom stereocenters. The van der Waals surface area contributed by atoms with Crippen LogP contribution in [0.4, 0.5) is 0 Å². The monoisotopic (exact) mass is 238 g/mol. The maximum atomic E-state index is 11.8. The van der Waals surface area contributed by atoms with E-state index in [1.807, 2.05) is 0 Å². The molecule has 94 valence electrons. The van der Waals surface area contributed by atoms with E-state index in [4.69, 9.17) is 9.47 Å². The van der Waals surface area contributed by atoms with Crippen molar-refractivity contribution in [2.24, 2.45) is 5.41 Å². The number of rotatable bonds is 2. The van der Waals surface area contributed by atoms with Crippen LogP contribution >= 0.6 is 0 Å². The molecule has 2 heterocycles. The minimum atomic E-state index is -0.657. The van der Waals surface area contributed by atoms with Crippen LogP contribution in [0.1, 0.15) is 44.9 Å². The minimum absolute atomic E-state index is 0.195. The van der Waals surface area contributed by atoms with Gasteiger partial charge in [-0.15, -0.1) is 0 Å². The highest BCUT2D eigenvalue weighted by molar-refractivity contribution is 5.78. The molecule has 4 aliphatic rings. The third kappa shape index (κ3) is 1.18. The van der Waals surface area contributed by atoms with Gasteiger partial charge in [-0.25, -0.2) is 0 Å². The molecule has 0 bridgehead atoms. The van der Waals surface area contributed by atoms with Gasteiger partial charge < -0.3 is 14.6 Å². The number of ether oxygens (including phenoxy) is 2. The summed E-state index contributed by atoms with van der Waals surface area (Å²) in [7, 11) is 0. The Morgan fingerprint density at radius 3 is 2.76 bits per heavy atom. The van der Waals surface area contributed by atoms with Gasteiger partial charge in [0.25, 0.3) is 0 Å². The van der Waals surface area contributed by atoms with E-state index in [-0.39, 0.29) is 17.8 Å². The van der Waals surface area contributed by atoms with Crippen LogP contribution in [0.25, 0.3) is 0 Å². The smallest absolute Gasteiger partial charge is 0.312 e. The molecule has 1 N–H and O–H groups in total. The molecule has 4 nitrogen and oxygen atoms in total. The first-order valence-corrected chi connectivity index (χ1v) is 6.75. The van der Waals surface area contributed by atoms with Crippen molar-refractivity contribution in [1.82, 2.24) is 0 Å². The first kappa shape index (κ1) is 10.3. The minimum Gasteiger partial charge on any atom is -0.481 e. The summed E-state index contributed by atoms with van der Waals surface area (Å²) in [5.41, 5.74) is -0.996. The zero-order valence-electron chi connectivity index (χ0n) is 9.85. The third-order valence-corrected chi connectivity index (χ3v) is 5.39. The second-order valence-corrected chi connectivity index (χ2v) is 6.08. The highest BCUT2D eigenvalue weighted by Crippen LogP contribution is 2.64. The van der Waals surface area contributed by atoms with Gasteiger partial charge in [0.2, 0.25) is 0 Å². The molecule has 17 heavy (non-hydrogen) atoms. The molecule has 5 unspecified atom stereocenters. The van der Waals surface area contributed by atoms with Crippen LogP contribution in [0.5, 0.6) is 0 Å². The van der Waals surface area contributed by atoms with E-state index < -0.39 is 11.4 Å². The summed E-state index contributed by atoms with van der Waals surface area (Å²) < 4.78 is 11.4. The van der Waals surface area contributed by atoms with Gasteiger partial charge in [0, 0.05) is 0 Å². The fraction of sp³-hybridized carbons (Fsp3) is 0.923. The molecule has 0 spiro atoms. The first-order valence-electron chi connectivity index (χ1n) is 6.75. The maximum absolute atomic E-state index is 11.8. The van der Waals surface area contributed by atoms with E-state index in [1.54, 1.807) is 0 Å². The van der Waals surface area contributed by atoms with Gasteiger partial charge in [-0.05, 0) is 32.1 Å². The molecular weight excluding hydrogens is 220 g/mol. The predicted octanol–water partition coefficient (Wildman–Crippen LogP) is 1.72. The van der Waals surface area contributed by atoms with Gasteiger partial charge in [-0.2, -0.15) is 0 Å². The lowest BCUT2D eigenvalue weighted by atomic mass is 9.61. The summed E-state index contributed by atoms with van der Waals surface area (Å²) in [6.45, 7) is 0. The first-order chi connectivity index (χ1) is 8.18. The lowest BCUT2D eigenvalue weighted by molar-refractivity contribution is -0.156. The number of aliphatic carboxylic acids is 1. The highest BCUT2D eigenvalue weighted by atomic mass is 16.6. The van der Waals surface area contributed by atoms with Gasteiger partial charge in [0.1, 0.15) is 11.0 Å². The van der Waals surface area contributed by atoms with E-state index in [0.717, 1.165) is 32.1 Å². The number of hydrogen-bond donors (Lipinski definition) is 1. The summed E-state index contributed by atoms with van der Waals surface area (Å²) in [6, 6.07) is 0. The normalized spacial score (nSPS) is 55.6. The highest BCUT2D eigenvalue weighted by Gasteiger charge is 2.74. The molecule has 2 saturated carbocycles. The van der Waals surface area contributed by atoms with Crippen molar-refractivity contribution in [2.75, 3.05) is 0 Å². The Hall–Kier alpha value is -0.610. The van der Waals surface area contributed by atoms with Gasteiger partial charge in [0.05, 0.1) is 18.3 Å². The number of hydrogen-bond acceptors (Lipinski definition) is 3. The van der Waals surface area contributed by atoms with Crippen LogP contribution in [-0.2, 0) is 14.3 Å². The Morgan fingerprint density at radius 1 is 1.18 bits per heavy atom. The SMILES string of the molecule is O=C(O)C1(C23CCCCC2O3)CCC2OC2C1. The summed E-state index contributed by atoms with van der Waals surface area (Å²) in [5, 5.41) is 9.73. The Balaban J connectivity index is 1.69. The Bertz CT molecular complexity index is 382. The molecule has 2 saturated heterocycles. The Morgan fingerprint density at radius 2 is 2.06 bits per heavy atom. The fourth-order valence-electron chi connectivity index (χ4n) is 4.32.